The molecule has 2 aromatic rings. The second-order valence-electron chi connectivity index (χ2n) is 5.19. The lowest BCUT2D eigenvalue weighted by Gasteiger charge is -2.31. The number of halogens is 1. The van der Waals surface area contributed by atoms with Gasteiger partial charge in [0, 0.05) is 16.8 Å². The van der Waals surface area contributed by atoms with E-state index in [1.54, 1.807) is 0 Å². The van der Waals surface area contributed by atoms with E-state index in [1.807, 2.05) is 24.5 Å². The minimum Gasteiger partial charge on any atom is -0.493 e. The molecule has 0 fully saturated rings. The maximum Gasteiger partial charge on any atom is 0.122 e. The fourth-order valence-electron chi connectivity index (χ4n) is 2.79. The Morgan fingerprint density at radius 1 is 1.35 bits per heavy atom. The van der Waals surface area contributed by atoms with Crippen LogP contribution in [0.3, 0.4) is 0 Å². The fraction of sp³-hybridized carbons (Fsp3) is 0.375. The van der Waals surface area contributed by atoms with Crippen molar-refractivity contribution < 1.29 is 4.74 Å². The van der Waals surface area contributed by atoms with Crippen molar-refractivity contribution >= 4 is 27.3 Å². The summed E-state index contributed by atoms with van der Waals surface area (Å²) in [6, 6.07) is 13.2. The molecule has 1 N–H and O–H groups in total. The van der Waals surface area contributed by atoms with E-state index in [0.717, 1.165) is 25.2 Å². The van der Waals surface area contributed by atoms with Crippen LogP contribution in [0, 0.1) is 5.92 Å². The van der Waals surface area contributed by atoms with Crippen LogP contribution in [0.2, 0.25) is 0 Å². The smallest absolute Gasteiger partial charge is 0.122 e. The highest BCUT2D eigenvalue weighted by Gasteiger charge is 2.26. The summed E-state index contributed by atoms with van der Waals surface area (Å²) in [5, 5.41) is 3.47. The van der Waals surface area contributed by atoms with Crippen molar-refractivity contribution in [2.45, 2.75) is 18.9 Å². The normalized spacial score (nSPS) is 19.2. The molecule has 1 aliphatic heterocycles. The van der Waals surface area contributed by atoms with Gasteiger partial charge in [-0.1, -0.05) is 18.2 Å². The first-order chi connectivity index (χ1) is 9.76. The Morgan fingerprint density at radius 2 is 2.20 bits per heavy atom. The van der Waals surface area contributed by atoms with E-state index in [4.69, 9.17) is 4.74 Å². The summed E-state index contributed by atoms with van der Waals surface area (Å²) in [4.78, 5) is 1.41. The number of ether oxygens (including phenoxy) is 1. The van der Waals surface area contributed by atoms with Gasteiger partial charge in [-0.05, 0) is 59.6 Å². The molecule has 1 aromatic heterocycles. The average molecular weight is 352 g/mol. The molecule has 1 aromatic carbocycles. The molecule has 0 bridgehead atoms. The number of hydrogen-bond acceptors (Lipinski definition) is 3. The van der Waals surface area contributed by atoms with Crippen molar-refractivity contribution in [2.75, 3.05) is 13.7 Å². The highest BCUT2D eigenvalue weighted by molar-refractivity contribution is 9.11. The van der Waals surface area contributed by atoms with E-state index >= 15 is 0 Å². The molecule has 4 heteroatoms. The molecule has 0 amide bonds. The Kier molecular flexibility index (Phi) is 4.44. The number of benzene rings is 1. The zero-order chi connectivity index (χ0) is 13.9. The molecular weight excluding hydrogens is 334 g/mol. The van der Waals surface area contributed by atoms with Gasteiger partial charge >= 0.3 is 0 Å². The maximum atomic E-state index is 5.92. The van der Waals surface area contributed by atoms with Crippen LogP contribution < -0.4 is 10.1 Å². The molecule has 106 valence electrons. The zero-order valence-corrected chi connectivity index (χ0v) is 13.8. The molecule has 2 atom stereocenters. The summed E-state index contributed by atoms with van der Waals surface area (Å²) in [6.45, 7) is 0.801. The lowest BCUT2D eigenvalue weighted by atomic mass is 9.88. The molecular formula is C16H18BrNOS. The van der Waals surface area contributed by atoms with Crippen molar-refractivity contribution in [1.29, 1.82) is 0 Å². The van der Waals surface area contributed by atoms with Crippen molar-refractivity contribution in [3.05, 3.63) is 50.6 Å². The summed E-state index contributed by atoms with van der Waals surface area (Å²) < 4.78 is 7.12. The molecule has 0 spiro atoms. The van der Waals surface area contributed by atoms with Gasteiger partial charge in [-0.25, -0.2) is 0 Å². The zero-order valence-electron chi connectivity index (χ0n) is 11.4. The van der Waals surface area contributed by atoms with Gasteiger partial charge in [-0.3, -0.25) is 0 Å². The fourth-order valence-corrected chi connectivity index (χ4v) is 4.33. The number of rotatable bonds is 4. The molecule has 20 heavy (non-hydrogen) atoms. The number of likely N-dealkylation sites (N-methyl/N-ethyl adjacent to an activating group) is 1. The van der Waals surface area contributed by atoms with Crippen molar-refractivity contribution in [3.8, 4) is 5.75 Å². The molecule has 0 radical (unpaired) electrons. The van der Waals surface area contributed by atoms with E-state index in [2.05, 4.69) is 51.6 Å². The van der Waals surface area contributed by atoms with Gasteiger partial charge < -0.3 is 10.1 Å². The number of hydrogen-bond donors (Lipinski definition) is 1. The third kappa shape index (κ3) is 3.08. The van der Waals surface area contributed by atoms with Gasteiger partial charge in [0.1, 0.15) is 5.75 Å². The largest absolute Gasteiger partial charge is 0.493 e. The van der Waals surface area contributed by atoms with Gasteiger partial charge in [0.25, 0.3) is 0 Å². The van der Waals surface area contributed by atoms with E-state index < -0.39 is 0 Å². The van der Waals surface area contributed by atoms with E-state index in [-0.39, 0.29) is 0 Å². The van der Waals surface area contributed by atoms with Crippen molar-refractivity contribution in [2.24, 2.45) is 5.92 Å². The monoisotopic (exact) mass is 351 g/mol. The van der Waals surface area contributed by atoms with Crippen molar-refractivity contribution in [3.63, 3.8) is 0 Å². The predicted octanol–water partition coefficient (Wildman–Crippen LogP) is 3.89. The lowest BCUT2D eigenvalue weighted by Crippen LogP contribution is -2.41. The molecule has 1 aliphatic rings. The summed E-state index contributed by atoms with van der Waals surface area (Å²) in [7, 11) is 2.05. The van der Waals surface area contributed by atoms with E-state index in [0.29, 0.717) is 12.0 Å². The Morgan fingerprint density at radius 3 is 2.95 bits per heavy atom. The first-order valence-electron chi connectivity index (χ1n) is 6.88. The molecule has 0 saturated heterocycles. The highest BCUT2D eigenvalue weighted by atomic mass is 79.9. The summed E-state index contributed by atoms with van der Waals surface area (Å²) in [5.41, 5.74) is 1.33. The van der Waals surface area contributed by atoms with E-state index in [1.165, 1.54) is 14.2 Å². The number of thiophene rings is 1. The minimum atomic E-state index is 0.453. The van der Waals surface area contributed by atoms with Gasteiger partial charge in [0.05, 0.1) is 10.4 Å². The number of fused-ring (bicyclic) bond motifs is 1. The highest BCUT2D eigenvalue weighted by Crippen LogP contribution is 2.30. The quantitative estimate of drug-likeness (QED) is 0.901. The summed E-state index contributed by atoms with van der Waals surface area (Å²) in [6.07, 6.45) is 2.15. The standard InChI is InChI=1S/C16H18BrNOS/c1-18-14(9-13-6-7-16(17)20-13)12-8-11-4-2-3-5-15(11)19-10-12/h2-7,12,14,18H,8-10H2,1H3. The van der Waals surface area contributed by atoms with Crippen molar-refractivity contribution in [1.82, 2.24) is 5.32 Å². The van der Waals surface area contributed by atoms with Crippen LogP contribution >= 0.6 is 27.3 Å². The second kappa shape index (κ2) is 6.29. The van der Waals surface area contributed by atoms with Gasteiger partial charge in [-0.15, -0.1) is 11.3 Å². The van der Waals surface area contributed by atoms with Gasteiger partial charge in [0.15, 0.2) is 0 Å². The van der Waals surface area contributed by atoms with Crippen LogP contribution in [0.5, 0.6) is 5.75 Å². The van der Waals surface area contributed by atoms with Crippen LogP contribution in [-0.2, 0) is 12.8 Å². The van der Waals surface area contributed by atoms with Gasteiger partial charge in [-0.2, -0.15) is 0 Å². The molecule has 2 nitrogen and oxygen atoms in total. The van der Waals surface area contributed by atoms with Crippen LogP contribution in [0.1, 0.15) is 10.4 Å². The Balaban J connectivity index is 1.71. The summed E-state index contributed by atoms with van der Waals surface area (Å²) >= 11 is 5.35. The van der Waals surface area contributed by atoms with Crippen LogP contribution in [0.25, 0.3) is 0 Å². The number of nitrogens with one attached hydrogen (secondary N) is 1. The molecule has 0 aliphatic carbocycles. The maximum absolute atomic E-state index is 5.92. The summed E-state index contributed by atoms with van der Waals surface area (Å²) in [5.74, 6) is 1.58. The Bertz CT molecular complexity index is 583. The second-order valence-corrected chi connectivity index (χ2v) is 7.74. The Hall–Kier alpha value is -0.840. The lowest BCUT2D eigenvalue weighted by molar-refractivity contribution is 0.187. The molecule has 0 saturated carbocycles. The van der Waals surface area contributed by atoms with Crippen LogP contribution in [0.4, 0.5) is 0 Å². The topological polar surface area (TPSA) is 21.3 Å². The third-order valence-corrected chi connectivity index (χ3v) is 5.54. The van der Waals surface area contributed by atoms with E-state index in [9.17, 15) is 0 Å². The molecule has 2 unspecified atom stereocenters. The average Bonchev–Trinajstić information content (AvgIpc) is 2.89. The first kappa shape index (κ1) is 14.1. The molecule has 2 heterocycles. The number of para-hydroxylation sites is 1. The molecule has 3 rings (SSSR count). The third-order valence-electron chi connectivity index (χ3n) is 3.90. The predicted molar refractivity (Wildman–Crippen MR) is 87.7 cm³/mol. The Labute approximate surface area is 132 Å². The van der Waals surface area contributed by atoms with Crippen LogP contribution in [0.15, 0.2) is 40.2 Å². The SMILES string of the molecule is CNC(Cc1ccc(Br)s1)C1COc2ccccc2C1. The minimum absolute atomic E-state index is 0.453. The van der Waals surface area contributed by atoms with Gasteiger partial charge in [0.2, 0.25) is 0 Å². The van der Waals surface area contributed by atoms with Crippen LogP contribution in [-0.4, -0.2) is 19.7 Å². The first-order valence-corrected chi connectivity index (χ1v) is 8.49.